The molecule has 15 heavy (non-hydrogen) atoms. The zero-order chi connectivity index (χ0) is 10.8. The first kappa shape index (κ1) is 10.5. The van der Waals surface area contributed by atoms with Crippen molar-refractivity contribution in [1.29, 1.82) is 0 Å². The van der Waals surface area contributed by atoms with E-state index in [0.29, 0.717) is 4.91 Å². The van der Waals surface area contributed by atoms with Gasteiger partial charge in [-0.15, -0.1) is 0 Å². The number of aliphatic hydroxyl groups is 1. The van der Waals surface area contributed by atoms with Crippen molar-refractivity contribution < 1.29 is 14.6 Å². The number of esters is 1. The van der Waals surface area contributed by atoms with Crippen molar-refractivity contribution in [2.24, 2.45) is 0 Å². The number of ether oxygens (including phenoxy) is 1. The van der Waals surface area contributed by atoms with Crippen LogP contribution in [0.25, 0.3) is 0 Å². The summed E-state index contributed by atoms with van der Waals surface area (Å²) in [6, 6.07) is 9.32. The van der Waals surface area contributed by atoms with Crippen LogP contribution in [0.2, 0.25) is 0 Å². The summed E-state index contributed by atoms with van der Waals surface area (Å²) in [5, 5.41) is 9.34. The Hall–Kier alpha value is -0.970. The molecule has 1 aromatic carbocycles. The Morgan fingerprint density at radius 3 is 2.53 bits per heavy atom. The Morgan fingerprint density at radius 2 is 2.00 bits per heavy atom. The van der Waals surface area contributed by atoms with Gasteiger partial charge in [-0.1, -0.05) is 41.6 Å². The molecule has 2 rings (SSSR count). The lowest BCUT2D eigenvalue weighted by atomic mass is 10.4. The molecular formula is C10H7ClO3S. The van der Waals surface area contributed by atoms with Crippen molar-refractivity contribution in [3.63, 3.8) is 0 Å². The Bertz CT molecular complexity index is 416. The van der Waals surface area contributed by atoms with E-state index >= 15 is 0 Å². The van der Waals surface area contributed by atoms with Gasteiger partial charge in [-0.2, -0.15) is 0 Å². The van der Waals surface area contributed by atoms with Crippen molar-refractivity contribution in [3.05, 3.63) is 40.3 Å². The number of carbonyl (C=O) groups excluding carboxylic acids is 1. The number of benzene rings is 1. The van der Waals surface area contributed by atoms with Crippen LogP contribution in [0, 0.1) is 0 Å². The largest absolute Gasteiger partial charge is 0.427 e. The smallest absolute Gasteiger partial charge is 0.353 e. The third-order valence-electron chi connectivity index (χ3n) is 1.81. The van der Waals surface area contributed by atoms with Crippen LogP contribution in [0.15, 0.2) is 45.2 Å². The van der Waals surface area contributed by atoms with Crippen LogP contribution in [-0.2, 0) is 9.53 Å². The van der Waals surface area contributed by atoms with E-state index in [4.69, 9.17) is 11.6 Å². The van der Waals surface area contributed by atoms with E-state index in [2.05, 4.69) is 4.74 Å². The molecular weight excluding hydrogens is 236 g/mol. The van der Waals surface area contributed by atoms with Gasteiger partial charge in [-0.05, 0) is 12.1 Å². The molecule has 0 radical (unpaired) electrons. The lowest BCUT2D eigenvalue weighted by molar-refractivity contribution is -0.150. The highest BCUT2D eigenvalue weighted by atomic mass is 35.5. The number of aliphatic hydroxyl groups excluding tert-OH is 1. The summed E-state index contributed by atoms with van der Waals surface area (Å²) < 4.78 is 4.55. The average Bonchev–Trinajstić information content (AvgIpc) is 2.47. The molecule has 0 amide bonds. The fourth-order valence-corrected chi connectivity index (χ4v) is 2.25. The minimum Gasteiger partial charge on any atom is -0.427 e. The Balaban J connectivity index is 2.23. The van der Waals surface area contributed by atoms with Crippen molar-refractivity contribution in [3.8, 4) is 0 Å². The van der Waals surface area contributed by atoms with E-state index in [1.165, 1.54) is 11.8 Å². The van der Waals surface area contributed by atoms with Crippen LogP contribution < -0.4 is 0 Å². The normalized spacial score (nSPS) is 20.7. The zero-order valence-corrected chi connectivity index (χ0v) is 9.09. The van der Waals surface area contributed by atoms with Crippen molar-refractivity contribution in [2.75, 3.05) is 0 Å². The number of hydrogen-bond acceptors (Lipinski definition) is 4. The summed E-state index contributed by atoms with van der Waals surface area (Å²) in [5.41, 5.74) is 0. The first-order valence-corrected chi connectivity index (χ1v) is 5.39. The van der Waals surface area contributed by atoms with E-state index in [9.17, 15) is 9.90 Å². The second-order valence-electron chi connectivity index (χ2n) is 2.85. The number of thioether (sulfide) groups is 1. The third-order valence-corrected chi connectivity index (χ3v) is 3.41. The van der Waals surface area contributed by atoms with Crippen LogP contribution in [0.1, 0.15) is 0 Å². The molecule has 0 aromatic heterocycles. The number of carbonyl (C=O) groups is 1. The number of cyclic esters (lactones) is 1. The quantitative estimate of drug-likeness (QED) is 0.807. The van der Waals surface area contributed by atoms with Gasteiger partial charge < -0.3 is 9.84 Å². The topological polar surface area (TPSA) is 46.5 Å². The Labute approximate surface area is 95.7 Å². The molecule has 1 aliphatic heterocycles. The van der Waals surface area contributed by atoms with Gasteiger partial charge in [-0.25, -0.2) is 4.79 Å². The lowest BCUT2D eigenvalue weighted by Crippen LogP contribution is -2.08. The van der Waals surface area contributed by atoms with Gasteiger partial charge in [0.15, 0.2) is 0 Å². The van der Waals surface area contributed by atoms with E-state index in [1.54, 1.807) is 0 Å². The zero-order valence-electron chi connectivity index (χ0n) is 7.51. The Morgan fingerprint density at radius 1 is 1.33 bits per heavy atom. The molecule has 0 bridgehead atoms. The summed E-state index contributed by atoms with van der Waals surface area (Å²) in [5.74, 6) is -0.678. The predicted molar refractivity (Wildman–Crippen MR) is 57.3 cm³/mol. The maximum Gasteiger partial charge on any atom is 0.353 e. The molecule has 1 unspecified atom stereocenters. The molecule has 0 fully saturated rings. The van der Waals surface area contributed by atoms with Crippen molar-refractivity contribution in [2.45, 2.75) is 11.2 Å². The van der Waals surface area contributed by atoms with Gasteiger partial charge in [0.25, 0.3) is 0 Å². The fraction of sp³-hybridized carbons (Fsp3) is 0.100. The first-order chi connectivity index (χ1) is 7.18. The second-order valence-corrected chi connectivity index (χ2v) is 4.34. The molecule has 1 aromatic rings. The molecule has 0 saturated carbocycles. The van der Waals surface area contributed by atoms with Crippen molar-refractivity contribution in [1.82, 2.24) is 0 Å². The summed E-state index contributed by atoms with van der Waals surface area (Å²) >= 11 is 6.92. The SMILES string of the molecule is O=C1OC(O)C(Sc2ccccc2)=C1Cl. The van der Waals surface area contributed by atoms with E-state index in [1.807, 2.05) is 30.3 Å². The standard InChI is InChI=1S/C10H7ClO3S/c11-7-8(10(13)14-9(7)12)15-6-4-2-1-3-5-6/h1-5,10,13H. The molecule has 0 spiro atoms. The van der Waals surface area contributed by atoms with Crippen molar-refractivity contribution >= 4 is 29.3 Å². The lowest BCUT2D eigenvalue weighted by Gasteiger charge is -2.05. The van der Waals surface area contributed by atoms with Gasteiger partial charge in [0, 0.05) is 4.90 Å². The number of rotatable bonds is 2. The molecule has 78 valence electrons. The highest BCUT2D eigenvalue weighted by Gasteiger charge is 2.32. The number of hydrogen-bond donors (Lipinski definition) is 1. The van der Waals surface area contributed by atoms with Gasteiger partial charge >= 0.3 is 5.97 Å². The average molecular weight is 243 g/mol. The molecule has 1 atom stereocenters. The highest BCUT2D eigenvalue weighted by molar-refractivity contribution is 8.03. The molecule has 0 aliphatic carbocycles. The van der Waals surface area contributed by atoms with Gasteiger partial charge in [0.05, 0.1) is 4.91 Å². The maximum atomic E-state index is 11.0. The van der Waals surface area contributed by atoms with E-state index < -0.39 is 12.3 Å². The van der Waals surface area contributed by atoms with Crippen LogP contribution in [0.3, 0.4) is 0 Å². The van der Waals surface area contributed by atoms with Gasteiger partial charge in [0.1, 0.15) is 5.03 Å². The summed E-state index contributed by atoms with van der Waals surface area (Å²) in [7, 11) is 0. The second kappa shape index (κ2) is 4.26. The van der Waals surface area contributed by atoms with Gasteiger partial charge in [0.2, 0.25) is 6.29 Å². The highest BCUT2D eigenvalue weighted by Crippen LogP contribution is 2.37. The molecule has 0 saturated heterocycles. The minimum absolute atomic E-state index is 0.0450. The maximum absolute atomic E-state index is 11.0. The monoisotopic (exact) mass is 242 g/mol. The first-order valence-electron chi connectivity index (χ1n) is 4.20. The van der Waals surface area contributed by atoms with Gasteiger partial charge in [-0.3, -0.25) is 0 Å². The van der Waals surface area contributed by atoms with E-state index in [0.717, 1.165) is 4.90 Å². The van der Waals surface area contributed by atoms with Crippen LogP contribution >= 0.6 is 23.4 Å². The fourth-order valence-electron chi connectivity index (χ4n) is 1.13. The number of halogens is 1. The van der Waals surface area contributed by atoms with E-state index in [-0.39, 0.29) is 5.03 Å². The summed E-state index contributed by atoms with van der Waals surface area (Å²) in [4.78, 5) is 12.2. The molecule has 1 N–H and O–H groups in total. The summed E-state index contributed by atoms with van der Waals surface area (Å²) in [6.45, 7) is 0. The predicted octanol–water partition coefficient (Wildman–Crippen LogP) is 2.10. The molecule has 1 aliphatic rings. The molecule has 5 heteroatoms. The molecule has 1 heterocycles. The minimum atomic E-state index is -1.24. The third kappa shape index (κ3) is 2.17. The molecule has 3 nitrogen and oxygen atoms in total. The van der Waals surface area contributed by atoms with Crippen LogP contribution in [-0.4, -0.2) is 17.4 Å². The van der Waals surface area contributed by atoms with Crippen LogP contribution in [0.4, 0.5) is 0 Å². The summed E-state index contributed by atoms with van der Waals surface area (Å²) in [6.07, 6.45) is -1.24. The Kier molecular flexibility index (Phi) is 3.00. The van der Waals surface area contributed by atoms with Crippen LogP contribution in [0.5, 0.6) is 0 Å².